The van der Waals surface area contributed by atoms with E-state index >= 15 is 0 Å². The van der Waals surface area contributed by atoms with Gasteiger partial charge in [-0.3, -0.25) is 0 Å². The number of tetrazole rings is 1. The fraction of sp³-hybridized carbons (Fsp3) is 0.300. The minimum Gasteiger partial charge on any atom is -0.399 e. The highest BCUT2D eigenvalue weighted by Crippen LogP contribution is 2.35. The zero-order chi connectivity index (χ0) is 12.6. The molecule has 0 radical (unpaired) electrons. The molecular weight excluding hydrogens is 261 g/mol. The number of hydrogen-bond acceptors (Lipinski definition) is 4. The van der Waals surface area contributed by atoms with Gasteiger partial charge in [0.2, 0.25) is 0 Å². The van der Waals surface area contributed by atoms with Crippen LogP contribution in [0.3, 0.4) is 0 Å². The Balaban J connectivity index is 2.64. The molecule has 2 N–H and O–H groups in total. The van der Waals surface area contributed by atoms with Crippen LogP contribution in [-0.2, 0) is 0 Å². The maximum atomic E-state index is 6.14. The zero-order valence-electron chi connectivity index (χ0n) is 9.35. The van der Waals surface area contributed by atoms with Crippen LogP contribution in [0.25, 0.3) is 11.4 Å². The molecule has 90 valence electrons. The molecule has 0 aliphatic carbocycles. The molecule has 0 amide bonds. The average Bonchev–Trinajstić information content (AvgIpc) is 2.72. The molecule has 1 aromatic heterocycles. The fourth-order valence-electron chi connectivity index (χ4n) is 1.49. The second kappa shape index (κ2) is 4.50. The minimum absolute atomic E-state index is 0.122. The molecule has 2 aromatic rings. The molecule has 0 unspecified atom stereocenters. The summed E-state index contributed by atoms with van der Waals surface area (Å²) in [5.74, 6) is 0.555. The van der Waals surface area contributed by atoms with Crippen molar-refractivity contribution in [3.05, 3.63) is 22.2 Å². The average molecular weight is 272 g/mol. The second-order valence-corrected chi connectivity index (χ2v) is 4.69. The Bertz CT molecular complexity index is 550. The highest BCUT2D eigenvalue weighted by Gasteiger charge is 2.16. The molecule has 0 atom stereocenters. The largest absolute Gasteiger partial charge is 0.399 e. The molecule has 0 saturated heterocycles. The van der Waals surface area contributed by atoms with Crippen LogP contribution < -0.4 is 5.73 Å². The Kier molecular flexibility index (Phi) is 3.22. The summed E-state index contributed by atoms with van der Waals surface area (Å²) < 4.78 is 1.66. The van der Waals surface area contributed by atoms with Crippen molar-refractivity contribution in [1.29, 1.82) is 0 Å². The van der Waals surface area contributed by atoms with E-state index in [1.165, 1.54) is 0 Å². The normalized spacial score (nSPS) is 11.1. The van der Waals surface area contributed by atoms with Crippen molar-refractivity contribution >= 4 is 28.9 Å². The highest BCUT2D eigenvalue weighted by atomic mass is 35.5. The third-order valence-corrected chi connectivity index (χ3v) is 3.08. The van der Waals surface area contributed by atoms with E-state index in [0.717, 1.165) is 0 Å². The quantitative estimate of drug-likeness (QED) is 0.853. The number of nitrogens with zero attached hydrogens (tertiary/aromatic N) is 4. The summed E-state index contributed by atoms with van der Waals surface area (Å²) in [5.41, 5.74) is 6.90. The lowest BCUT2D eigenvalue weighted by Gasteiger charge is -2.10. The maximum absolute atomic E-state index is 6.14. The van der Waals surface area contributed by atoms with Crippen molar-refractivity contribution in [3.63, 3.8) is 0 Å². The van der Waals surface area contributed by atoms with Gasteiger partial charge < -0.3 is 5.73 Å². The summed E-state index contributed by atoms with van der Waals surface area (Å²) in [6, 6.07) is 3.42. The van der Waals surface area contributed by atoms with Crippen molar-refractivity contribution < 1.29 is 0 Å². The van der Waals surface area contributed by atoms with E-state index in [1.54, 1.807) is 16.8 Å². The molecule has 0 spiro atoms. The minimum atomic E-state index is 0.122. The van der Waals surface area contributed by atoms with E-state index in [9.17, 15) is 0 Å². The molecule has 17 heavy (non-hydrogen) atoms. The van der Waals surface area contributed by atoms with Crippen LogP contribution in [0.5, 0.6) is 0 Å². The van der Waals surface area contributed by atoms with Crippen molar-refractivity contribution in [1.82, 2.24) is 20.2 Å². The monoisotopic (exact) mass is 271 g/mol. The highest BCUT2D eigenvalue weighted by molar-refractivity contribution is 6.43. The topological polar surface area (TPSA) is 69.6 Å². The molecule has 1 heterocycles. The number of nitrogen functional groups attached to an aromatic ring is 1. The number of aromatic nitrogens is 4. The number of hydrogen-bond donors (Lipinski definition) is 1. The first-order chi connectivity index (χ1) is 8.00. The van der Waals surface area contributed by atoms with Crippen LogP contribution in [0.2, 0.25) is 10.0 Å². The SMILES string of the molecule is CC(C)n1nnnc1-c1cc(N)cc(Cl)c1Cl. The van der Waals surface area contributed by atoms with E-state index in [-0.39, 0.29) is 6.04 Å². The lowest BCUT2D eigenvalue weighted by molar-refractivity contribution is 0.519. The van der Waals surface area contributed by atoms with Crippen LogP contribution in [0.4, 0.5) is 5.69 Å². The van der Waals surface area contributed by atoms with Gasteiger partial charge in [-0.2, -0.15) is 0 Å². The lowest BCUT2D eigenvalue weighted by Crippen LogP contribution is -2.05. The van der Waals surface area contributed by atoms with Crippen molar-refractivity contribution in [3.8, 4) is 11.4 Å². The third kappa shape index (κ3) is 2.21. The van der Waals surface area contributed by atoms with Crippen LogP contribution in [0, 0.1) is 0 Å². The van der Waals surface area contributed by atoms with Crippen LogP contribution in [0.1, 0.15) is 19.9 Å². The van der Waals surface area contributed by atoms with E-state index in [1.807, 2.05) is 13.8 Å². The van der Waals surface area contributed by atoms with Gasteiger partial charge in [-0.1, -0.05) is 23.2 Å². The molecular formula is C10H11Cl2N5. The number of halogens is 2. The molecule has 2 rings (SSSR count). The summed E-state index contributed by atoms with van der Waals surface area (Å²) in [6.07, 6.45) is 0. The summed E-state index contributed by atoms with van der Waals surface area (Å²) in [4.78, 5) is 0. The van der Waals surface area contributed by atoms with Gasteiger partial charge >= 0.3 is 0 Å². The van der Waals surface area contributed by atoms with Gasteiger partial charge in [0, 0.05) is 11.3 Å². The molecule has 0 bridgehead atoms. The van der Waals surface area contributed by atoms with Gasteiger partial charge in [0.05, 0.1) is 16.1 Å². The van der Waals surface area contributed by atoms with E-state index in [0.29, 0.717) is 27.1 Å². The van der Waals surface area contributed by atoms with Gasteiger partial charge in [0.15, 0.2) is 5.82 Å². The predicted molar refractivity (Wildman–Crippen MR) is 68.1 cm³/mol. The molecule has 7 heteroatoms. The van der Waals surface area contributed by atoms with E-state index in [4.69, 9.17) is 28.9 Å². The predicted octanol–water partition coefficient (Wildman–Crippen LogP) is 2.81. The Morgan fingerprint density at radius 3 is 2.65 bits per heavy atom. The summed E-state index contributed by atoms with van der Waals surface area (Å²) >= 11 is 12.1. The molecule has 0 aliphatic rings. The van der Waals surface area contributed by atoms with Crippen molar-refractivity contribution in [2.45, 2.75) is 19.9 Å². The van der Waals surface area contributed by atoms with Crippen LogP contribution >= 0.6 is 23.2 Å². The second-order valence-electron chi connectivity index (χ2n) is 3.91. The summed E-state index contributed by atoms with van der Waals surface area (Å²) in [6.45, 7) is 3.95. The molecule has 5 nitrogen and oxygen atoms in total. The van der Waals surface area contributed by atoms with Gasteiger partial charge in [-0.05, 0) is 36.4 Å². The lowest BCUT2D eigenvalue weighted by atomic mass is 10.2. The molecule has 1 aromatic carbocycles. The Morgan fingerprint density at radius 1 is 1.29 bits per heavy atom. The Morgan fingerprint density at radius 2 is 2.00 bits per heavy atom. The molecule has 0 aliphatic heterocycles. The number of benzene rings is 1. The van der Waals surface area contributed by atoms with Crippen LogP contribution in [-0.4, -0.2) is 20.2 Å². The number of rotatable bonds is 2. The van der Waals surface area contributed by atoms with Crippen molar-refractivity contribution in [2.75, 3.05) is 5.73 Å². The molecule has 0 saturated carbocycles. The van der Waals surface area contributed by atoms with Gasteiger partial charge in [-0.15, -0.1) is 5.10 Å². The van der Waals surface area contributed by atoms with Crippen LogP contribution in [0.15, 0.2) is 12.1 Å². The first-order valence-corrected chi connectivity index (χ1v) is 5.79. The van der Waals surface area contributed by atoms with Gasteiger partial charge in [0.1, 0.15) is 0 Å². The number of nitrogens with two attached hydrogens (primary N) is 1. The standard InChI is InChI=1S/C10H11Cl2N5/c1-5(2)17-10(14-15-16-17)7-3-6(13)4-8(11)9(7)12/h3-5H,13H2,1-2H3. The number of anilines is 1. The Hall–Kier alpha value is -1.33. The van der Waals surface area contributed by atoms with Crippen molar-refractivity contribution in [2.24, 2.45) is 0 Å². The third-order valence-electron chi connectivity index (χ3n) is 2.27. The van der Waals surface area contributed by atoms with Gasteiger partial charge in [-0.25, -0.2) is 4.68 Å². The smallest absolute Gasteiger partial charge is 0.183 e. The van der Waals surface area contributed by atoms with Gasteiger partial charge in [0.25, 0.3) is 0 Å². The maximum Gasteiger partial charge on any atom is 0.183 e. The molecule has 0 fully saturated rings. The Labute approximate surface area is 109 Å². The first-order valence-electron chi connectivity index (χ1n) is 5.03. The summed E-state index contributed by atoms with van der Waals surface area (Å²) in [7, 11) is 0. The first kappa shape index (κ1) is 12.1. The summed E-state index contributed by atoms with van der Waals surface area (Å²) in [5, 5.41) is 12.3. The van der Waals surface area contributed by atoms with E-state index in [2.05, 4.69) is 15.5 Å². The zero-order valence-corrected chi connectivity index (χ0v) is 10.9. The van der Waals surface area contributed by atoms with E-state index < -0.39 is 0 Å². The fourth-order valence-corrected chi connectivity index (χ4v) is 1.91.